The number of rotatable bonds is 9. The molecule has 0 aliphatic carbocycles. The second-order valence-electron chi connectivity index (χ2n) is 10.1. The number of halogens is 2. The van der Waals surface area contributed by atoms with E-state index in [-0.39, 0.29) is 81.9 Å². The monoisotopic (exact) mass is 614 g/mol. The lowest BCUT2D eigenvalue weighted by molar-refractivity contribution is -0.132. The third-order valence-corrected chi connectivity index (χ3v) is 7.36. The number of piperazine rings is 1. The Bertz CT molecular complexity index is 1500. The van der Waals surface area contributed by atoms with E-state index in [0.29, 0.717) is 5.65 Å². The lowest BCUT2D eigenvalue weighted by Crippen LogP contribution is -2.52. The molecule has 234 valence electrons. The molecule has 2 aliphatic heterocycles. The van der Waals surface area contributed by atoms with Crippen LogP contribution in [-0.4, -0.2) is 113 Å². The Morgan fingerprint density at radius 1 is 1.14 bits per heavy atom. The van der Waals surface area contributed by atoms with Gasteiger partial charge in [0.05, 0.1) is 31.6 Å². The van der Waals surface area contributed by atoms with Crippen LogP contribution in [0.25, 0.3) is 5.65 Å². The number of likely N-dealkylation sites (N-methyl/N-ethyl adjacent to an activating group) is 1. The van der Waals surface area contributed by atoms with Crippen molar-refractivity contribution in [1.29, 1.82) is 0 Å². The molecular weight excluding hydrogens is 582 g/mol. The summed E-state index contributed by atoms with van der Waals surface area (Å²) in [5, 5.41) is 2.46. The van der Waals surface area contributed by atoms with Gasteiger partial charge in [-0.05, 0) is 13.8 Å². The summed E-state index contributed by atoms with van der Waals surface area (Å²) >= 11 is 0. The normalized spacial score (nSPS) is 16.7. The minimum absolute atomic E-state index is 0.0180. The molecule has 1 aromatic carbocycles. The Balaban J connectivity index is 1.17. The highest BCUT2D eigenvalue weighted by Crippen LogP contribution is 2.31. The number of alkyl carbamates (subject to hydrolysis) is 1. The number of cyclic esters (lactones) is 1. The van der Waals surface area contributed by atoms with Crippen molar-refractivity contribution in [3.05, 3.63) is 54.2 Å². The van der Waals surface area contributed by atoms with Gasteiger partial charge in [-0.15, -0.1) is 0 Å². The van der Waals surface area contributed by atoms with Crippen LogP contribution < -0.4 is 15.1 Å². The van der Waals surface area contributed by atoms with Crippen LogP contribution in [0, 0.1) is 11.6 Å². The Morgan fingerprint density at radius 2 is 1.86 bits per heavy atom. The van der Waals surface area contributed by atoms with Gasteiger partial charge in [0.1, 0.15) is 24.0 Å². The summed E-state index contributed by atoms with van der Waals surface area (Å²) in [6.07, 6.45) is 4.17. The van der Waals surface area contributed by atoms with Gasteiger partial charge in [-0.2, -0.15) is 0 Å². The van der Waals surface area contributed by atoms with E-state index in [9.17, 15) is 19.2 Å². The highest BCUT2D eigenvalue weighted by atomic mass is 19.1. The number of carbonyl (C=O) groups is 4. The molecule has 2 saturated heterocycles. The molecule has 5 rings (SSSR count). The van der Waals surface area contributed by atoms with Crippen molar-refractivity contribution in [3.63, 3.8) is 0 Å². The standard InChI is InChI=1S/C28H32F2N8O6/c1-3-34(26(40)22-16-37-6-5-31-14-23(37)33-22)17-24(39)35-7-9-36(10-8-35)25-20(29)11-18(12-21(25)30)38-15-19(44-28(38)42)13-32-27(41)43-4-2/h5-6,11-12,14,16,19H,3-4,7-10,13,15,17H2,1-2H3,(H,32,41)/t19-/m0/s1. The van der Waals surface area contributed by atoms with Gasteiger partial charge in [0.15, 0.2) is 17.3 Å². The molecule has 16 heteroatoms. The highest BCUT2D eigenvalue weighted by molar-refractivity contribution is 5.95. The predicted molar refractivity (Wildman–Crippen MR) is 152 cm³/mol. The summed E-state index contributed by atoms with van der Waals surface area (Å²) in [5.74, 6) is -2.42. The zero-order valence-electron chi connectivity index (χ0n) is 24.2. The molecule has 1 N–H and O–H groups in total. The van der Waals surface area contributed by atoms with Crippen LogP contribution in [0.2, 0.25) is 0 Å². The number of anilines is 2. The molecule has 4 amide bonds. The first-order chi connectivity index (χ1) is 21.2. The molecule has 44 heavy (non-hydrogen) atoms. The van der Waals surface area contributed by atoms with Gasteiger partial charge in [-0.25, -0.2) is 23.4 Å². The third-order valence-electron chi connectivity index (χ3n) is 7.36. The van der Waals surface area contributed by atoms with Crippen LogP contribution >= 0.6 is 0 Å². The average Bonchev–Trinajstić information content (AvgIpc) is 3.62. The fourth-order valence-corrected chi connectivity index (χ4v) is 5.11. The second kappa shape index (κ2) is 13.1. The largest absolute Gasteiger partial charge is 0.450 e. The summed E-state index contributed by atoms with van der Waals surface area (Å²) in [5.41, 5.74) is 0.417. The van der Waals surface area contributed by atoms with Crippen molar-refractivity contribution in [2.24, 2.45) is 0 Å². The Kier molecular flexibility index (Phi) is 9.06. The summed E-state index contributed by atoms with van der Waals surface area (Å²) in [6, 6.07) is 2.11. The minimum atomic E-state index is -0.869. The molecule has 2 fully saturated rings. The van der Waals surface area contributed by atoms with E-state index in [1.54, 1.807) is 41.7 Å². The molecule has 0 saturated carbocycles. The van der Waals surface area contributed by atoms with Crippen LogP contribution in [-0.2, 0) is 14.3 Å². The van der Waals surface area contributed by atoms with E-state index >= 15 is 8.78 Å². The quantitative estimate of drug-likeness (QED) is 0.383. The van der Waals surface area contributed by atoms with Crippen LogP contribution in [0.15, 0.2) is 36.9 Å². The number of aromatic nitrogens is 3. The Hall–Kier alpha value is -5.02. The molecule has 4 heterocycles. The summed E-state index contributed by atoms with van der Waals surface area (Å²) in [6.45, 7) is 4.38. The number of ether oxygens (including phenoxy) is 2. The van der Waals surface area contributed by atoms with Crippen molar-refractivity contribution in [1.82, 2.24) is 29.5 Å². The number of hydrogen-bond donors (Lipinski definition) is 1. The minimum Gasteiger partial charge on any atom is -0.450 e. The van der Waals surface area contributed by atoms with E-state index in [0.717, 1.165) is 17.0 Å². The maximum atomic E-state index is 15.2. The number of nitrogens with one attached hydrogen (secondary N) is 1. The third kappa shape index (κ3) is 6.48. The SMILES string of the molecule is CCOC(=O)NC[C@H]1CN(c2cc(F)c(N3CCN(C(=O)CN(CC)C(=O)c4cn5ccncc5n4)CC3)c(F)c2)C(=O)O1. The molecule has 3 aromatic rings. The van der Waals surface area contributed by atoms with Gasteiger partial charge < -0.3 is 33.9 Å². The van der Waals surface area contributed by atoms with Crippen LogP contribution in [0.3, 0.4) is 0 Å². The van der Waals surface area contributed by atoms with E-state index in [1.165, 1.54) is 16.0 Å². The van der Waals surface area contributed by atoms with Crippen LogP contribution in [0.4, 0.5) is 29.7 Å². The molecular formula is C28H32F2N8O6. The Labute approximate surface area is 251 Å². The molecule has 0 radical (unpaired) electrons. The van der Waals surface area contributed by atoms with Crippen molar-refractivity contribution < 1.29 is 37.4 Å². The molecule has 2 aromatic heterocycles. The van der Waals surface area contributed by atoms with Crippen LogP contribution in [0.5, 0.6) is 0 Å². The lowest BCUT2D eigenvalue weighted by Gasteiger charge is -2.37. The number of hydrogen-bond acceptors (Lipinski definition) is 9. The molecule has 0 bridgehead atoms. The average molecular weight is 615 g/mol. The first-order valence-corrected chi connectivity index (χ1v) is 14.2. The second-order valence-corrected chi connectivity index (χ2v) is 10.1. The maximum absolute atomic E-state index is 15.2. The van der Waals surface area contributed by atoms with Gasteiger partial charge in [0.2, 0.25) is 5.91 Å². The maximum Gasteiger partial charge on any atom is 0.414 e. The van der Waals surface area contributed by atoms with E-state index in [2.05, 4.69) is 15.3 Å². The van der Waals surface area contributed by atoms with Crippen LogP contribution in [0.1, 0.15) is 24.3 Å². The fourth-order valence-electron chi connectivity index (χ4n) is 5.11. The van der Waals surface area contributed by atoms with E-state index in [4.69, 9.17) is 9.47 Å². The molecule has 14 nitrogen and oxygen atoms in total. The first kappa shape index (κ1) is 30.4. The fraction of sp³-hybridized carbons (Fsp3) is 0.429. The molecule has 2 aliphatic rings. The van der Waals surface area contributed by atoms with Gasteiger partial charge in [0, 0.05) is 63.4 Å². The van der Waals surface area contributed by atoms with Crippen molar-refractivity contribution in [2.45, 2.75) is 20.0 Å². The van der Waals surface area contributed by atoms with Crippen molar-refractivity contribution >= 4 is 41.0 Å². The zero-order valence-corrected chi connectivity index (χ0v) is 24.2. The number of carbonyl (C=O) groups excluding carboxylic acids is 4. The zero-order chi connectivity index (χ0) is 31.4. The van der Waals surface area contributed by atoms with Crippen molar-refractivity contribution in [2.75, 3.05) is 68.8 Å². The summed E-state index contributed by atoms with van der Waals surface area (Å²) < 4.78 is 42.1. The summed E-state index contributed by atoms with van der Waals surface area (Å²) in [7, 11) is 0. The smallest absolute Gasteiger partial charge is 0.414 e. The summed E-state index contributed by atoms with van der Waals surface area (Å²) in [4.78, 5) is 63.8. The molecule has 0 unspecified atom stereocenters. The number of fused-ring (bicyclic) bond motifs is 1. The Morgan fingerprint density at radius 3 is 2.52 bits per heavy atom. The number of benzene rings is 1. The van der Waals surface area contributed by atoms with Crippen molar-refractivity contribution in [3.8, 4) is 0 Å². The van der Waals surface area contributed by atoms with Gasteiger partial charge in [-0.3, -0.25) is 19.5 Å². The number of amides is 4. The number of nitrogens with zero attached hydrogens (tertiary/aromatic N) is 7. The van der Waals surface area contributed by atoms with E-state index < -0.39 is 35.8 Å². The topological polar surface area (TPSA) is 142 Å². The van der Waals surface area contributed by atoms with Gasteiger partial charge >= 0.3 is 12.2 Å². The number of imidazole rings is 1. The van der Waals surface area contributed by atoms with Gasteiger partial charge in [0.25, 0.3) is 5.91 Å². The van der Waals surface area contributed by atoms with Gasteiger partial charge in [-0.1, -0.05) is 0 Å². The predicted octanol–water partition coefficient (Wildman–Crippen LogP) is 1.89. The lowest BCUT2D eigenvalue weighted by atomic mass is 10.2. The van der Waals surface area contributed by atoms with E-state index in [1.807, 2.05) is 0 Å². The first-order valence-electron chi connectivity index (χ1n) is 14.2. The molecule has 0 spiro atoms. The molecule has 1 atom stereocenters. The highest BCUT2D eigenvalue weighted by Gasteiger charge is 2.34.